The van der Waals surface area contributed by atoms with E-state index in [4.69, 9.17) is 16.3 Å². The Balaban J connectivity index is 1.63. The fourth-order valence-corrected chi connectivity index (χ4v) is 5.70. The first kappa shape index (κ1) is 24.6. The average molecular weight is 552 g/mol. The molecule has 2 heterocycles. The summed E-state index contributed by atoms with van der Waals surface area (Å²) in [4.78, 5) is 4.53. The van der Waals surface area contributed by atoms with Crippen LogP contribution in [-0.2, 0) is 10.0 Å². The fourth-order valence-electron chi connectivity index (χ4n) is 3.86. The predicted octanol–water partition coefficient (Wildman–Crippen LogP) is 5.89. The number of hydrogen-bond donors (Lipinski definition) is 1. The van der Waals surface area contributed by atoms with E-state index in [9.17, 15) is 18.1 Å². The number of fused-ring (bicyclic) bond motifs is 1. The minimum atomic E-state index is -3.89. The van der Waals surface area contributed by atoms with E-state index in [0.717, 1.165) is 11.3 Å². The molecule has 37 heavy (non-hydrogen) atoms. The van der Waals surface area contributed by atoms with Gasteiger partial charge < -0.3 is 4.74 Å². The topological polar surface area (TPSA) is 118 Å². The van der Waals surface area contributed by atoms with Gasteiger partial charge in [0.1, 0.15) is 17.1 Å². The van der Waals surface area contributed by atoms with Gasteiger partial charge in [0.05, 0.1) is 34.4 Å². The maximum Gasteiger partial charge on any atom is 0.263 e. The Hall–Kier alpha value is -4.11. The standard InChI is InChI=1S/C25H15ClFN5O3S2/c1-35-23-11-19(14-2-5-21(26)22(27)10-14)16(12-28)9-20(23)24-18-4-3-17(8-15(18)6-7-29-24)37(33,34)32-25-31-30-13-36-25/h2-11,13H,1H3,(H,31,32). The molecule has 0 aliphatic rings. The minimum absolute atomic E-state index is 0.0225. The van der Waals surface area contributed by atoms with Gasteiger partial charge >= 0.3 is 0 Å². The molecule has 0 aliphatic heterocycles. The van der Waals surface area contributed by atoms with Gasteiger partial charge in [0.15, 0.2) is 0 Å². The summed E-state index contributed by atoms with van der Waals surface area (Å²) >= 11 is 6.88. The summed E-state index contributed by atoms with van der Waals surface area (Å²) in [6.07, 6.45) is 1.54. The number of ether oxygens (including phenoxy) is 1. The van der Waals surface area contributed by atoms with Gasteiger partial charge in [-0.15, -0.1) is 10.2 Å². The number of hydrogen-bond acceptors (Lipinski definition) is 8. The highest BCUT2D eigenvalue weighted by atomic mass is 35.5. The van der Waals surface area contributed by atoms with E-state index in [2.05, 4.69) is 26.0 Å². The number of nitrogens with one attached hydrogen (secondary N) is 1. The third-order valence-corrected chi connectivity index (χ3v) is 7.95. The van der Waals surface area contributed by atoms with Crippen LogP contribution in [0.15, 0.2) is 71.2 Å². The van der Waals surface area contributed by atoms with Crippen molar-refractivity contribution in [2.75, 3.05) is 11.8 Å². The number of pyridine rings is 1. The van der Waals surface area contributed by atoms with Crippen LogP contribution >= 0.6 is 22.9 Å². The van der Waals surface area contributed by atoms with Crippen molar-refractivity contribution >= 4 is 48.9 Å². The first-order valence-electron chi connectivity index (χ1n) is 10.6. The summed E-state index contributed by atoms with van der Waals surface area (Å²) in [6, 6.07) is 16.0. The van der Waals surface area contributed by atoms with E-state index in [1.807, 2.05) is 0 Å². The predicted molar refractivity (Wildman–Crippen MR) is 140 cm³/mol. The lowest BCUT2D eigenvalue weighted by Gasteiger charge is -2.15. The zero-order valence-corrected chi connectivity index (χ0v) is 21.3. The molecule has 0 radical (unpaired) electrons. The van der Waals surface area contributed by atoms with Crippen molar-refractivity contribution in [3.05, 3.63) is 82.7 Å². The van der Waals surface area contributed by atoms with Crippen molar-refractivity contribution < 1.29 is 17.5 Å². The van der Waals surface area contributed by atoms with Crippen LogP contribution in [0.4, 0.5) is 9.52 Å². The van der Waals surface area contributed by atoms with Gasteiger partial charge in [0.25, 0.3) is 10.0 Å². The Bertz CT molecular complexity index is 1810. The lowest BCUT2D eigenvalue weighted by atomic mass is 9.94. The van der Waals surface area contributed by atoms with Gasteiger partial charge in [0.2, 0.25) is 5.13 Å². The highest BCUT2D eigenvalue weighted by Gasteiger charge is 2.20. The number of anilines is 1. The van der Waals surface area contributed by atoms with E-state index >= 15 is 0 Å². The maximum atomic E-state index is 14.1. The summed E-state index contributed by atoms with van der Waals surface area (Å²) < 4.78 is 47.8. The Morgan fingerprint density at radius 1 is 1.11 bits per heavy atom. The second kappa shape index (κ2) is 9.74. The molecule has 2 aromatic heterocycles. The second-order valence-corrected chi connectivity index (χ2v) is 10.7. The van der Waals surface area contributed by atoms with E-state index in [-0.39, 0.29) is 20.6 Å². The molecule has 1 N–H and O–H groups in total. The Morgan fingerprint density at radius 3 is 2.65 bits per heavy atom. The molecule has 8 nitrogen and oxygen atoms in total. The SMILES string of the molecule is COc1cc(-c2ccc(Cl)c(F)c2)c(C#N)cc1-c1nccc2cc(S(=O)(=O)Nc3nncs3)ccc12. The third-order valence-electron chi connectivity index (χ3n) is 5.57. The average Bonchev–Trinajstić information content (AvgIpc) is 3.41. The molecule has 0 saturated heterocycles. The quantitative estimate of drug-likeness (QED) is 0.279. The lowest BCUT2D eigenvalue weighted by molar-refractivity contribution is 0.416. The molecule has 0 fully saturated rings. The summed E-state index contributed by atoms with van der Waals surface area (Å²) in [5.41, 5.74) is 3.64. The molecule has 12 heteroatoms. The highest BCUT2D eigenvalue weighted by Crippen LogP contribution is 2.39. The van der Waals surface area contributed by atoms with Gasteiger partial charge in [-0.25, -0.2) is 12.8 Å². The van der Waals surface area contributed by atoms with Crippen molar-refractivity contribution in [1.29, 1.82) is 5.26 Å². The number of nitrogens with zero attached hydrogens (tertiary/aromatic N) is 4. The first-order valence-corrected chi connectivity index (χ1v) is 13.3. The molecular weight excluding hydrogens is 537 g/mol. The molecule has 0 unspecified atom stereocenters. The monoisotopic (exact) mass is 551 g/mol. The molecule has 5 aromatic rings. The van der Waals surface area contributed by atoms with Gasteiger partial charge in [0, 0.05) is 22.7 Å². The lowest BCUT2D eigenvalue weighted by Crippen LogP contribution is -2.12. The number of nitriles is 1. The summed E-state index contributed by atoms with van der Waals surface area (Å²) in [5, 5.41) is 18.6. The number of aromatic nitrogens is 3. The van der Waals surface area contributed by atoms with Crippen LogP contribution < -0.4 is 9.46 Å². The van der Waals surface area contributed by atoms with Crippen LogP contribution in [0.1, 0.15) is 5.56 Å². The molecule has 0 saturated carbocycles. The van der Waals surface area contributed by atoms with Crippen molar-refractivity contribution in [2.24, 2.45) is 0 Å². The van der Waals surface area contributed by atoms with Gasteiger partial charge in [-0.3, -0.25) is 9.71 Å². The molecule has 184 valence electrons. The minimum Gasteiger partial charge on any atom is -0.496 e. The Kier molecular flexibility index (Phi) is 6.47. The van der Waals surface area contributed by atoms with Crippen LogP contribution in [0.3, 0.4) is 0 Å². The van der Waals surface area contributed by atoms with Crippen LogP contribution in [0.25, 0.3) is 33.2 Å². The van der Waals surface area contributed by atoms with E-state index in [1.54, 1.807) is 36.5 Å². The molecule has 0 atom stereocenters. The molecular formula is C25H15ClFN5O3S2. The van der Waals surface area contributed by atoms with E-state index in [1.165, 1.54) is 36.9 Å². The van der Waals surface area contributed by atoms with Gasteiger partial charge in [-0.2, -0.15) is 5.26 Å². The van der Waals surface area contributed by atoms with Crippen LogP contribution in [0.5, 0.6) is 5.75 Å². The van der Waals surface area contributed by atoms with Crippen molar-refractivity contribution in [1.82, 2.24) is 15.2 Å². The zero-order chi connectivity index (χ0) is 26.2. The summed E-state index contributed by atoms with van der Waals surface area (Å²) in [6.45, 7) is 0. The maximum absolute atomic E-state index is 14.1. The smallest absolute Gasteiger partial charge is 0.263 e. The third kappa shape index (κ3) is 4.70. The number of halogens is 2. The normalized spacial score (nSPS) is 11.3. The Morgan fingerprint density at radius 2 is 1.95 bits per heavy atom. The van der Waals surface area contributed by atoms with Crippen LogP contribution in [0.2, 0.25) is 5.02 Å². The number of rotatable bonds is 6. The number of sulfonamides is 1. The molecule has 5 rings (SSSR count). The number of methoxy groups -OCH3 is 1. The summed E-state index contributed by atoms with van der Waals surface area (Å²) in [7, 11) is -2.41. The van der Waals surface area contributed by atoms with Crippen molar-refractivity contribution in [2.45, 2.75) is 4.90 Å². The molecule has 0 aliphatic carbocycles. The van der Waals surface area contributed by atoms with E-state index < -0.39 is 15.8 Å². The first-order chi connectivity index (χ1) is 17.8. The van der Waals surface area contributed by atoms with E-state index in [0.29, 0.717) is 38.9 Å². The van der Waals surface area contributed by atoms with Crippen molar-refractivity contribution in [3.63, 3.8) is 0 Å². The Labute approximate surface area is 220 Å². The largest absolute Gasteiger partial charge is 0.496 e. The zero-order valence-electron chi connectivity index (χ0n) is 18.9. The summed E-state index contributed by atoms with van der Waals surface area (Å²) in [5.74, 6) is -0.202. The molecule has 0 bridgehead atoms. The van der Waals surface area contributed by atoms with Gasteiger partial charge in [-0.1, -0.05) is 35.1 Å². The molecule has 0 spiro atoms. The van der Waals surface area contributed by atoms with Gasteiger partial charge in [-0.05, 0) is 53.4 Å². The molecule has 3 aromatic carbocycles. The van der Waals surface area contributed by atoms with Crippen LogP contribution in [-0.4, -0.2) is 30.7 Å². The van der Waals surface area contributed by atoms with Crippen molar-refractivity contribution in [3.8, 4) is 34.2 Å². The highest BCUT2D eigenvalue weighted by molar-refractivity contribution is 7.93. The second-order valence-electron chi connectivity index (χ2n) is 7.73. The fraction of sp³-hybridized carbons (Fsp3) is 0.0400. The molecule has 0 amide bonds. The number of benzene rings is 3. The van der Waals surface area contributed by atoms with Crippen LogP contribution in [0, 0.1) is 17.1 Å².